The smallest absolute Gasteiger partial charge is 0.355 e. The van der Waals surface area contributed by atoms with Crippen molar-refractivity contribution in [1.29, 1.82) is 0 Å². The summed E-state index contributed by atoms with van der Waals surface area (Å²) in [6, 6.07) is 8.41. The molecule has 8 rings (SSSR count). The summed E-state index contributed by atoms with van der Waals surface area (Å²) in [5.41, 5.74) is 2.74. The van der Waals surface area contributed by atoms with Crippen LogP contribution in [0.1, 0.15) is 85.0 Å². The monoisotopic (exact) mass is 755 g/mol. The Kier molecular flexibility index (Phi) is 8.96. The zero-order chi connectivity index (χ0) is 38.8. The van der Waals surface area contributed by atoms with Crippen LogP contribution in [0.2, 0.25) is 0 Å². The fourth-order valence-electron chi connectivity index (χ4n) is 8.31. The summed E-state index contributed by atoms with van der Waals surface area (Å²) in [6.07, 6.45) is 2.05. The molecule has 6 heterocycles. The topological polar surface area (TPSA) is 156 Å². The van der Waals surface area contributed by atoms with Crippen molar-refractivity contribution in [1.82, 2.24) is 39.6 Å². The highest BCUT2D eigenvalue weighted by Crippen LogP contribution is 2.59. The molecule has 3 aliphatic rings. The number of amides is 3. The third kappa shape index (κ3) is 6.82. The highest BCUT2D eigenvalue weighted by molar-refractivity contribution is 6.07. The Labute approximate surface area is 313 Å². The van der Waals surface area contributed by atoms with Crippen molar-refractivity contribution >= 4 is 45.9 Å². The molecule has 3 atom stereocenters. The number of aryl methyl sites for hydroxylation is 3. The van der Waals surface area contributed by atoms with Crippen LogP contribution >= 0.6 is 0 Å². The summed E-state index contributed by atoms with van der Waals surface area (Å²) in [5.74, 6) is -1.10. The minimum atomic E-state index is -4.72. The third-order valence-electron chi connectivity index (χ3n) is 11.2. The first kappa shape index (κ1) is 36.3. The van der Waals surface area contributed by atoms with Gasteiger partial charge in [-0.25, -0.2) is 14.5 Å². The highest BCUT2D eigenvalue weighted by Gasteiger charge is 2.67. The number of carbonyl (C=O) groups is 4. The Balaban J connectivity index is 1.18. The van der Waals surface area contributed by atoms with Crippen LogP contribution < -0.4 is 10.6 Å². The standard InChI is InChI=1S/C39H40F3N9O4/c1-21-10-12-29(39(40,41)42)45-36(21)46-37(55)28-16-38-17-30(38)51(28)33(54)19-50-35-24(8-6-4-5-7-9-32(53)43-20-38)14-26(15-27(35)34(48-50)22(2)52)25-11-13-31-44-23(3)47-49(31)18-25/h10-15,18,28,30H,4-9,16-17,19-20H2,1-3H3,(H,43,53)(H,45,46,55)/t28-,30+,38-/m0/s1. The first-order chi connectivity index (χ1) is 26.2. The molecular weight excluding hydrogens is 715 g/mol. The van der Waals surface area contributed by atoms with Crippen molar-refractivity contribution in [3.8, 4) is 11.1 Å². The number of nitrogens with zero attached hydrogens (tertiary/aromatic N) is 7. The molecule has 0 spiro atoms. The molecule has 1 saturated heterocycles. The lowest BCUT2D eigenvalue weighted by atomic mass is 9.96. The molecule has 1 aliphatic carbocycles. The van der Waals surface area contributed by atoms with E-state index < -0.39 is 41.2 Å². The van der Waals surface area contributed by atoms with Crippen LogP contribution in [-0.2, 0) is 33.5 Å². The molecule has 286 valence electrons. The number of nitrogens with one attached hydrogen (secondary N) is 2. The predicted octanol–water partition coefficient (Wildman–Crippen LogP) is 5.60. The Morgan fingerprint density at radius 3 is 2.49 bits per heavy atom. The van der Waals surface area contributed by atoms with Gasteiger partial charge in [-0.3, -0.25) is 23.9 Å². The van der Waals surface area contributed by atoms with E-state index in [4.69, 9.17) is 5.10 Å². The Morgan fingerprint density at radius 1 is 0.945 bits per heavy atom. The normalized spacial score (nSPS) is 22.0. The average Bonchev–Trinajstić information content (AvgIpc) is 3.36. The Morgan fingerprint density at radius 2 is 1.73 bits per heavy atom. The molecule has 1 saturated carbocycles. The number of pyridine rings is 2. The summed E-state index contributed by atoms with van der Waals surface area (Å²) in [7, 11) is 0. The highest BCUT2D eigenvalue weighted by atomic mass is 19.4. The number of fused-ring (bicyclic) bond motifs is 1. The zero-order valence-corrected chi connectivity index (χ0v) is 30.7. The Bertz CT molecular complexity index is 2400. The average molecular weight is 756 g/mol. The third-order valence-corrected chi connectivity index (χ3v) is 11.2. The fourth-order valence-corrected chi connectivity index (χ4v) is 8.31. The van der Waals surface area contributed by atoms with Crippen LogP contribution in [0, 0.1) is 19.3 Å². The van der Waals surface area contributed by atoms with Crippen molar-refractivity contribution < 1.29 is 32.3 Å². The molecule has 0 radical (unpaired) electrons. The molecule has 0 unspecified atom stereocenters. The molecule has 4 aromatic heterocycles. The van der Waals surface area contributed by atoms with Crippen LogP contribution in [0.5, 0.6) is 0 Å². The summed E-state index contributed by atoms with van der Waals surface area (Å²) in [6.45, 7) is 4.76. The van der Waals surface area contributed by atoms with E-state index in [1.807, 2.05) is 37.4 Å². The van der Waals surface area contributed by atoms with Crippen LogP contribution in [0.25, 0.3) is 27.7 Å². The Hall–Kier alpha value is -5.67. The van der Waals surface area contributed by atoms with Gasteiger partial charge in [-0.2, -0.15) is 23.4 Å². The number of hydrogen-bond acceptors (Lipinski definition) is 8. The second-order valence-corrected chi connectivity index (χ2v) is 15.1. The van der Waals surface area contributed by atoms with Gasteiger partial charge in [0, 0.05) is 48.5 Å². The summed E-state index contributed by atoms with van der Waals surface area (Å²) < 4.78 is 43.9. The van der Waals surface area contributed by atoms with E-state index in [0.29, 0.717) is 53.6 Å². The quantitative estimate of drug-likeness (QED) is 0.225. The number of aromatic nitrogens is 6. The molecule has 2 bridgehead atoms. The van der Waals surface area contributed by atoms with Crippen LogP contribution in [0.15, 0.2) is 42.6 Å². The number of rotatable bonds is 4. The number of halogens is 3. The van der Waals surface area contributed by atoms with Crippen molar-refractivity contribution in [3.63, 3.8) is 0 Å². The lowest BCUT2D eigenvalue weighted by Crippen LogP contribution is -2.47. The van der Waals surface area contributed by atoms with Crippen LogP contribution in [-0.4, -0.2) is 76.4 Å². The molecule has 16 heteroatoms. The van der Waals surface area contributed by atoms with Gasteiger partial charge in [0.05, 0.1) is 5.52 Å². The first-order valence-electron chi connectivity index (χ1n) is 18.5. The van der Waals surface area contributed by atoms with Crippen molar-refractivity contribution in [2.45, 2.75) is 96.9 Å². The SMILES string of the molecule is CC(=O)c1nn2c3c(cc(-c4ccc5nc(C)nn5c4)cc13)CCCCCCC(=O)NC[C@@]13C[C@@H](C(=O)Nc4nc(C(F)(F)F)ccc4C)N(C(=O)C2)[C@@H]1C3. The minimum Gasteiger partial charge on any atom is -0.355 e. The largest absolute Gasteiger partial charge is 0.433 e. The number of benzene rings is 1. The number of piperidine rings is 1. The molecule has 2 aliphatic heterocycles. The van der Waals surface area contributed by atoms with E-state index in [1.54, 1.807) is 9.20 Å². The summed E-state index contributed by atoms with van der Waals surface area (Å²) >= 11 is 0. The number of Topliss-reactive ketones (excluding diaryl/α,β-unsaturated/α-hetero) is 1. The van der Waals surface area contributed by atoms with Crippen molar-refractivity contribution in [3.05, 3.63) is 70.9 Å². The number of ketones is 1. The predicted molar refractivity (Wildman–Crippen MR) is 195 cm³/mol. The number of hydrogen-bond donors (Lipinski definition) is 2. The van der Waals surface area contributed by atoms with Crippen LogP contribution in [0.3, 0.4) is 0 Å². The molecule has 55 heavy (non-hydrogen) atoms. The lowest BCUT2D eigenvalue weighted by molar-refractivity contribution is -0.141. The molecular formula is C39H40F3N9O4. The van der Waals surface area contributed by atoms with Gasteiger partial charge < -0.3 is 15.5 Å². The number of alkyl halides is 3. The van der Waals surface area contributed by atoms with Crippen molar-refractivity contribution in [2.24, 2.45) is 5.41 Å². The van der Waals surface area contributed by atoms with E-state index in [0.717, 1.165) is 42.0 Å². The van der Waals surface area contributed by atoms with Gasteiger partial charge in [0.25, 0.3) is 0 Å². The van der Waals surface area contributed by atoms with E-state index in [2.05, 4.69) is 25.7 Å². The second-order valence-electron chi connectivity index (χ2n) is 15.1. The van der Waals surface area contributed by atoms with Gasteiger partial charge in [0.15, 0.2) is 11.4 Å². The van der Waals surface area contributed by atoms with Gasteiger partial charge in [-0.05, 0) is 93.0 Å². The van der Waals surface area contributed by atoms with E-state index in [9.17, 15) is 32.3 Å². The van der Waals surface area contributed by atoms with Gasteiger partial charge in [0.1, 0.15) is 35.6 Å². The second kappa shape index (κ2) is 13.6. The van der Waals surface area contributed by atoms with Crippen LogP contribution in [0.4, 0.5) is 19.0 Å². The fraction of sp³-hybridized carbons (Fsp3) is 0.436. The maximum absolute atomic E-state index is 14.5. The number of carbonyl (C=O) groups excluding carboxylic acids is 4. The van der Waals surface area contributed by atoms with Crippen molar-refractivity contribution in [2.75, 3.05) is 11.9 Å². The van der Waals surface area contributed by atoms with Gasteiger partial charge >= 0.3 is 6.18 Å². The molecule has 2 N–H and O–H groups in total. The lowest BCUT2D eigenvalue weighted by Gasteiger charge is -2.27. The summed E-state index contributed by atoms with van der Waals surface area (Å²) in [4.78, 5) is 64.1. The molecule has 5 aromatic rings. The first-order valence-corrected chi connectivity index (χ1v) is 18.5. The van der Waals surface area contributed by atoms with E-state index in [1.165, 1.54) is 24.8 Å². The molecule has 3 amide bonds. The molecule has 1 aromatic carbocycles. The van der Waals surface area contributed by atoms with Gasteiger partial charge in [-0.15, -0.1) is 0 Å². The number of anilines is 1. The zero-order valence-electron chi connectivity index (χ0n) is 30.7. The molecule has 13 nitrogen and oxygen atoms in total. The summed E-state index contributed by atoms with van der Waals surface area (Å²) in [5, 5.41) is 15.3. The van der Waals surface area contributed by atoms with Gasteiger partial charge in [-0.1, -0.05) is 18.9 Å². The maximum atomic E-state index is 14.5. The minimum absolute atomic E-state index is 0.107. The molecule has 2 fully saturated rings. The van der Waals surface area contributed by atoms with E-state index in [-0.39, 0.29) is 42.7 Å². The van der Waals surface area contributed by atoms with E-state index >= 15 is 0 Å². The maximum Gasteiger partial charge on any atom is 0.433 e. The van der Waals surface area contributed by atoms with Gasteiger partial charge in [0.2, 0.25) is 17.7 Å².